The molecule has 0 fully saturated rings. The number of fused-ring (bicyclic) bond motifs is 1. The van der Waals surface area contributed by atoms with Crippen molar-refractivity contribution in [2.24, 2.45) is 0 Å². The molecule has 0 N–H and O–H groups in total. The average Bonchev–Trinajstić information content (AvgIpc) is 3.10. The van der Waals surface area contributed by atoms with Crippen molar-refractivity contribution in [2.75, 3.05) is 13.7 Å². The van der Waals surface area contributed by atoms with Crippen molar-refractivity contribution in [3.05, 3.63) is 96.2 Å². The van der Waals surface area contributed by atoms with Gasteiger partial charge >= 0.3 is 0 Å². The molecule has 27 heavy (non-hydrogen) atoms. The summed E-state index contributed by atoms with van der Waals surface area (Å²) in [5.41, 5.74) is 4.76. The van der Waals surface area contributed by atoms with Crippen molar-refractivity contribution in [3.8, 4) is 11.4 Å². The van der Waals surface area contributed by atoms with Gasteiger partial charge in [0.15, 0.2) is 0 Å². The Kier molecular flexibility index (Phi) is 5.22. The van der Waals surface area contributed by atoms with E-state index in [4.69, 9.17) is 9.47 Å². The zero-order valence-electron chi connectivity index (χ0n) is 15.5. The minimum absolute atomic E-state index is 0.575. The highest BCUT2D eigenvalue weighted by Crippen LogP contribution is 2.26. The molecule has 4 aromatic rings. The molecule has 0 aliphatic carbocycles. The summed E-state index contributed by atoms with van der Waals surface area (Å²) < 4.78 is 13.5. The summed E-state index contributed by atoms with van der Waals surface area (Å²) in [6.07, 6.45) is 0.872. The zero-order chi connectivity index (χ0) is 18.5. The molecule has 0 atom stereocenters. The van der Waals surface area contributed by atoms with E-state index in [1.807, 2.05) is 30.3 Å². The summed E-state index contributed by atoms with van der Waals surface area (Å²) in [7, 11) is 1.74. The molecule has 1 heterocycles. The SMILES string of the molecule is COCCc1cc2ccccc2n1-c1ccc(OCc2ccccc2)cc1. The van der Waals surface area contributed by atoms with E-state index in [0.29, 0.717) is 13.2 Å². The highest BCUT2D eigenvalue weighted by Gasteiger charge is 2.10. The van der Waals surface area contributed by atoms with Gasteiger partial charge in [0.25, 0.3) is 0 Å². The third-order valence-electron chi connectivity index (χ3n) is 4.69. The van der Waals surface area contributed by atoms with Crippen LogP contribution in [0.5, 0.6) is 5.75 Å². The minimum Gasteiger partial charge on any atom is -0.489 e. The van der Waals surface area contributed by atoms with E-state index >= 15 is 0 Å². The first-order valence-corrected chi connectivity index (χ1v) is 9.20. The van der Waals surface area contributed by atoms with E-state index in [1.54, 1.807) is 7.11 Å². The molecule has 136 valence electrons. The highest BCUT2D eigenvalue weighted by molar-refractivity contribution is 5.83. The number of methoxy groups -OCH3 is 1. The van der Waals surface area contributed by atoms with Gasteiger partial charge in [0.2, 0.25) is 0 Å². The van der Waals surface area contributed by atoms with Crippen LogP contribution in [0.4, 0.5) is 0 Å². The van der Waals surface area contributed by atoms with Crippen LogP contribution < -0.4 is 4.74 Å². The molecule has 3 heteroatoms. The molecule has 3 aromatic carbocycles. The van der Waals surface area contributed by atoms with E-state index in [9.17, 15) is 0 Å². The van der Waals surface area contributed by atoms with Gasteiger partial charge in [0.05, 0.1) is 12.1 Å². The molecule has 0 aliphatic heterocycles. The van der Waals surface area contributed by atoms with Crippen molar-refractivity contribution >= 4 is 10.9 Å². The molecule has 0 amide bonds. The van der Waals surface area contributed by atoms with E-state index in [-0.39, 0.29) is 0 Å². The zero-order valence-corrected chi connectivity index (χ0v) is 15.5. The lowest BCUT2D eigenvalue weighted by Crippen LogP contribution is -2.03. The van der Waals surface area contributed by atoms with Crippen molar-refractivity contribution in [3.63, 3.8) is 0 Å². The predicted molar refractivity (Wildman–Crippen MR) is 110 cm³/mol. The molecule has 3 nitrogen and oxygen atoms in total. The largest absolute Gasteiger partial charge is 0.489 e. The second-order valence-corrected chi connectivity index (χ2v) is 6.54. The second-order valence-electron chi connectivity index (χ2n) is 6.54. The van der Waals surface area contributed by atoms with Crippen molar-refractivity contribution < 1.29 is 9.47 Å². The minimum atomic E-state index is 0.575. The number of hydrogen-bond donors (Lipinski definition) is 0. The smallest absolute Gasteiger partial charge is 0.119 e. The number of ether oxygens (including phenoxy) is 2. The predicted octanol–water partition coefficient (Wildman–Crippen LogP) is 5.40. The molecular formula is C24H23NO2. The Labute approximate surface area is 159 Å². The van der Waals surface area contributed by atoms with E-state index in [1.165, 1.54) is 22.2 Å². The Hall–Kier alpha value is -3.04. The molecule has 0 aliphatic rings. The average molecular weight is 357 g/mol. The summed E-state index contributed by atoms with van der Waals surface area (Å²) >= 11 is 0. The fourth-order valence-electron chi connectivity index (χ4n) is 3.34. The van der Waals surface area contributed by atoms with Crippen LogP contribution in [0.25, 0.3) is 16.6 Å². The van der Waals surface area contributed by atoms with Gasteiger partial charge in [-0.3, -0.25) is 0 Å². The maximum atomic E-state index is 5.92. The molecule has 0 unspecified atom stereocenters. The van der Waals surface area contributed by atoms with E-state index < -0.39 is 0 Å². The standard InChI is InChI=1S/C24H23NO2/c1-26-16-15-22-17-20-9-5-6-10-24(20)25(22)21-11-13-23(14-12-21)27-18-19-7-3-2-4-8-19/h2-14,17H,15-16,18H2,1H3. The van der Waals surface area contributed by atoms with Gasteiger partial charge in [-0.1, -0.05) is 48.5 Å². The third kappa shape index (κ3) is 3.88. The first-order chi connectivity index (χ1) is 13.3. The van der Waals surface area contributed by atoms with Crippen LogP contribution in [0.2, 0.25) is 0 Å². The van der Waals surface area contributed by atoms with Crippen molar-refractivity contribution in [1.29, 1.82) is 0 Å². The highest BCUT2D eigenvalue weighted by atomic mass is 16.5. The number of benzene rings is 3. The van der Waals surface area contributed by atoms with Crippen molar-refractivity contribution in [1.82, 2.24) is 4.57 Å². The Morgan fingerprint density at radius 3 is 2.33 bits per heavy atom. The summed E-state index contributed by atoms with van der Waals surface area (Å²) in [6.45, 7) is 1.28. The summed E-state index contributed by atoms with van der Waals surface area (Å²) in [4.78, 5) is 0. The summed E-state index contributed by atoms with van der Waals surface area (Å²) in [6, 6.07) is 29.2. The van der Waals surface area contributed by atoms with Crippen LogP contribution in [-0.4, -0.2) is 18.3 Å². The maximum absolute atomic E-state index is 5.92. The van der Waals surface area contributed by atoms with Gasteiger partial charge in [-0.25, -0.2) is 0 Å². The first kappa shape index (κ1) is 17.4. The van der Waals surface area contributed by atoms with Gasteiger partial charge in [-0.2, -0.15) is 0 Å². The lowest BCUT2D eigenvalue weighted by Gasteiger charge is -2.12. The monoisotopic (exact) mass is 357 g/mol. The third-order valence-corrected chi connectivity index (χ3v) is 4.69. The van der Waals surface area contributed by atoms with Crippen LogP contribution in [0.15, 0.2) is 84.9 Å². The quantitative estimate of drug-likeness (QED) is 0.442. The molecule has 0 bridgehead atoms. The van der Waals surface area contributed by atoms with Crippen LogP contribution >= 0.6 is 0 Å². The fourth-order valence-corrected chi connectivity index (χ4v) is 3.34. The van der Waals surface area contributed by atoms with Crippen LogP contribution in [0.1, 0.15) is 11.3 Å². The van der Waals surface area contributed by atoms with Crippen LogP contribution in [0.3, 0.4) is 0 Å². The lowest BCUT2D eigenvalue weighted by atomic mass is 10.2. The van der Waals surface area contributed by atoms with E-state index in [0.717, 1.165) is 17.9 Å². The normalized spacial score (nSPS) is 11.0. The molecule has 0 saturated carbocycles. The molecule has 0 radical (unpaired) electrons. The molecule has 0 saturated heterocycles. The van der Waals surface area contributed by atoms with Gasteiger partial charge in [0, 0.05) is 30.3 Å². The Morgan fingerprint density at radius 1 is 0.815 bits per heavy atom. The van der Waals surface area contributed by atoms with Gasteiger partial charge in [-0.15, -0.1) is 0 Å². The van der Waals surface area contributed by atoms with Crippen LogP contribution in [0, 0.1) is 0 Å². The Balaban J connectivity index is 1.59. The number of aromatic nitrogens is 1. The Bertz CT molecular complexity index is 1000. The van der Waals surface area contributed by atoms with E-state index in [2.05, 4.69) is 59.2 Å². The maximum Gasteiger partial charge on any atom is 0.119 e. The topological polar surface area (TPSA) is 23.4 Å². The number of rotatable bonds is 7. The van der Waals surface area contributed by atoms with Gasteiger partial charge in [-0.05, 0) is 42.0 Å². The first-order valence-electron chi connectivity index (χ1n) is 9.20. The number of hydrogen-bond acceptors (Lipinski definition) is 2. The van der Waals surface area contributed by atoms with Crippen LogP contribution in [-0.2, 0) is 17.8 Å². The molecule has 0 spiro atoms. The molecular weight excluding hydrogens is 334 g/mol. The number of para-hydroxylation sites is 1. The lowest BCUT2D eigenvalue weighted by molar-refractivity contribution is 0.201. The van der Waals surface area contributed by atoms with Crippen molar-refractivity contribution in [2.45, 2.75) is 13.0 Å². The Morgan fingerprint density at radius 2 is 1.56 bits per heavy atom. The number of nitrogens with zero attached hydrogens (tertiary/aromatic N) is 1. The summed E-state index contributed by atoms with van der Waals surface area (Å²) in [5.74, 6) is 0.873. The fraction of sp³-hybridized carbons (Fsp3) is 0.167. The molecule has 4 rings (SSSR count). The summed E-state index contributed by atoms with van der Waals surface area (Å²) in [5, 5.41) is 1.24. The van der Waals surface area contributed by atoms with Gasteiger partial charge in [0.1, 0.15) is 12.4 Å². The van der Waals surface area contributed by atoms with Gasteiger partial charge < -0.3 is 14.0 Å². The molecule has 1 aromatic heterocycles. The second kappa shape index (κ2) is 8.11.